The molecule has 258 valence electrons. The van der Waals surface area contributed by atoms with Crippen LogP contribution in [-0.2, 0) is 0 Å². The second kappa shape index (κ2) is 19.4. The Labute approximate surface area is 247 Å². The fourth-order valence-corrected chi connectivity index (χ4v) is 5.29. The summed E-state index contributed by atoms with van der Waals surface area (Å²) in [5.74, 6) is 0. The van der Waals surface area contributed by atoms with Crippen molar-refractivity contribution < 1.29 is 57.1 Å². The van der Waals surface area contributed by atoms with E-state index in [9.17, 15) is 57.1 Å². The van der Waals surface area contributed by atoms with Gasteiger partial charge in [0, 0.05) is 0 Å². The number of halogens is 13. The third kappa shape index (κ3) is 13.8. The lowest BCUT2D eigenvalue weighted by atomic mass is 9.76. The van der Waals surface area contributed by atoms with Gasteiger partial charge in [0.25, 0.3) is 0 Å². The normalized spacial score (nSPS) is 14.3. The summed E-state index contributed by atoms with van der Waals surface area (Å²) in [5.41, 5.74) is -8.80. The highest BCUT2D eigenvalue weighted by Gasteiger charge is 2.70. The molecule has 0 radical (unpaired) electrons. The van der Waals surface area contributed by atoms with Crippen LogP contribution >= 0.6 is 0 Å². The maximum absolute atomic E-state index is 13.8. The molecule has 0 saturated carbocycles. The van der Waals surface area contributed by atoms with Crippen LogP contribution in [0.1, 0.15) is 135 Å². The lowest BCUT2D eigenvalue weighted by Crippen LogP contribution is -2.50. The Morgan fingerprint density at radius 2 is 0.628 bits per heavy atom. The molecule has 0 spiro atoms. The minimum absolute atomic E-state index is 0.0535. The van der Waals surface area contributed by atoms with E-state index in [0.717, 1.165) is 32.1 Å². The Kier molecular flexibility index (Phi) is 18.8. The molecule has 0 N–H and O–H groups in total. The van der Waals surface area contributed by atoms with Gasteiger partial charge in [-0.05, 0) is 32.1 Å². The average Bonchev–Trinajstić information content (AvgIpc) is 2.86. The largest absolute Gasteiger partial charge is 0.403 e. The van der Waals surface area contributed by atoms with Crippen LogP contribution in [0.2, 0.25) is 0 Å². The zero-order chi connectivity index (χ0) is 33.3. The van der Waals surface area contributed by atoms with Crippen LogP contribution in [0.5, 0.6) is 0 Å². The van der Waals surface area contributed by atoms with Gasteiger partial charge < -0.3 is 0 Å². The lowest BCUT2D eigenvalue weighted by molar-refractivity contribution is -0.345. The van der Waals surface area contributed by atoms with Crippen molar-refractivity contribution in [3.05, 3.63) is 12.2 Å². The minimum Gasteiger partial charge on any atom is -0.251 e. The number of hydrogen-bond donors (Lipinski definition) is 0. The molecule has 0 atom stereocenters. The van der Waals surface area contributed by atoms with Gasteiger partial charge in [0.2, 0.25) is 0 Å². The van der Waals surface area contributed by atoms with Crippen molar-refractivity contribution in [3.63, 3.8) is 0 Å². The number of alkyl halides is 13. The molecule has 0 aromatic rings. The van der Waals surface area contributed by atoms with Crippen LogP contribution in [0.3, 0.4) is 0 Å². The summed E-state index contributed by atoms with van der Waals surface area (Å²) in [6, 6.07) is 0. The number of rotatable bonds is 23. The first-order valence-corrected chi connectivity index (χ1v) is 15.3. The maximum atomic E-state index is 13.8. The van der Waals surface area contributed by atoms with E-state index < -0.39 is 80.7 Å². The Morgan fingerprint density at radius 1 is 0.372 bits per heavy atom. The van der Waals surface area contributed by atoms with Crippen LogP contribution in [0.25, 0.3) is 0 Å². The number of hydrogen-bond acceptors (Lipinski definition) is 0. The second-order valence-corrected chi connectivity index (χ2v) is 11.5. The molecule has 0 aliphatic carbocycles. The second-order valence-electron chi connectivity index (χ2n) is 11.5. The van der Waals surface area contributed by atoms with Crippen molar-refractivity contribution >= 4 is 0 Å². The Morgan fingerprint density at radius 3 is 0.884 bits per heavy atom. The third-order valence-electron chi connectivity index (χ3n) is 8.21. The predicted molar refractivity (Wildman–Crippen MR) is 142 cm³/mol. The molecule has 0 aromatic heterocycles. The predicted octanol–water partition coefficient (Wildman–Crippen LogP) is 13.6. The van der Waals surface area contributed by atoms with Crippen LogP contribution in [0.4, 0.5) is 57.1 Å². The summed E-state index contributed by atoms with van der Waals surface area (Å²) in [6.45, 7) is 0.642. The Balaban J connectivity index is 5.05. The summed E-state index contributed by atoms with van der Waals surface area (Å²) in [6.07, 6.45) is -18.7. The number of allylic oxidation sites excluding steroid dienone is 2. The van der Waals surface area contributed by atoms with Gasteiger partial charge in [0.15, 0.2) is 10.8 Å². The zero-order valence-electron chi connectivity index (χ0n) is 24.9. The van der Waals surface area contributed by atoms with Crippen molar-refractivity contribution in [2.24, 2.45) is 10.8 Å². The molecule has 43 heavy (non-hydrogen) atoms. The van der Waals surface area contributed by atoms with Crippen LogP contribution in [0.15, 0.2) is 12.2 Å². The highest BCUT2D eigenvalue weighted by molar-refractivity contribution is 5.04. The summed E-state index contributed by atoms with van der Waals surface area (Å²) >= 11 is 0. The molecular formula is C30H47F13. The monoisotopic (exact) mass is 654 g/mol. The van der Waals surface area contributed by atoms with Crippen LogP contribution < -0.4 is 0 Å². The van der Waals surface area contributed by atoms with Gasteiger partial charge in [-0.15, -0.1) is 0 Å². The Bertz CT molecular complexity index is 702. The first-order chi connectivity index (χ1) is 19.8. The van der Waals surface area contributed by atoms with E-state index in [0.29, 0.717) is 12.8 Å². The fraction of sp³-hybridized carbons (Fsp3) is 0.933. The van der Waals surface area contributed by atoms with Crippen molar-refractivity contribution in [3.8, 4) is 0 Å². The van der Waals surface area contributed by atoms with Gasteiger partial charge >= 0.3 is 24.7 Å². The molecule has 0 unspecified atom stereocenters. The smallest absolute Gasteiger partial charge is 0.251 e. The molecule has 0 aliphatic rings. The minimum atomic E-state index is -5.95. The van der Waals surface area contributed by atoms with Gasteiger partial charge in [-0.2, -0.15) is 52.7 Å². The average molecular weight is 655 g/mol. The van der Waals surface area contributed by atoms with Crippen molar-refractivity contribution in [2.45, 2.75) is 160 Å². The van der Waals surface area contributed by atoms with E-state index in [1.165, 1.54) is 38.5 Å². The first-order valence-electron chi connectivity index (χ1n) is 15.3. The zero-order valence-corrected chi connectivity index (χ0v) is 24.9. The Hall–Kier alpha value is -1.17. The molecule has 0 amide bonds. The van der Waals surface area contributed by atoms with E-state index in [4.69, 9.17) is 0 Å². The van der Waals surface area contributed by atoms with Crippen LogP contribution in [-0.4, -0.2) is 31.4 Å². The van der Waals surface area contributed by atoms with E-state index in [1.54, 1.807) is 0 Å². The molecule has 0 bridgehead atoms. The van der Waals surface area contributed by atoms with E-state index in [-0.39, 0.29) is 18.6 Å². The highest BCUT2D eigenvalue weighted by Crippen LogP contribution is 2.58. The number of unbranched alkanes of at least 4 members (excludes halogenated alkanes) is 14. The van der Waals surface area contributed by atoms with Crippen molar-refractivity contribution in [1.29, 1.82) is 0 Å². The quantitative estimate of drug-likeness (QED) is 0.0584. The molecule has 0 aromatic carbocycles. The highest BCUT2D eigenvalue weighted by atomic mass is 19.4. The summed E-state index contributed by atoms with van der Waals surface area (Å²) in [7, 11) is 0. The van der Waals surface area contributed by atoms with Crippen LogP contribution in [0, 0.1) is 10.8 Å². The fourth-order valence-electron chi connectivity index (χ4n) is 5.29. The van der Waals surface area contributed by atoms with E-state index >= 15 is 0 Å². The molecule has 0 fully saturated rings. The van der Waals surface area contributed by atoms with Gasteiger partial charge in [-0.3, -0.25) is 4.39 Å². The molecule has 13 heteroatoms. The van der Waals surface area contributed by atoms with Gasteiger partial charge in [-0.1, -0.05) is 115 Å². The molecule has 0 aliphatic heterocycles. The summed E-state index contributed by atoms with van der Waals surface area (Å²) in [4.78, 5) is 0. The van der Waals surface area contributed by atoms with Crippen molar-refractivity contribution in [2.75, 3.05) is 6.67 Å². The summed E-state index contributed by atoms with van der Waals surface area (Å²) < 4.78 is 176. The van der Waals surface area contributed by atoms with Gasteiger partial charge in [0.1, 0.15) is 0 Å². The standard InChI is InChI=1S/C30H47F13/c1-2-3-4-5-6-7-8-9-10-11-12-13-14-15-16-20-25(27(32,33)34,28(35,36)37)21-17-18-22-26(23-19-24-31,29(38,39)40)30(41,42)43/h17-18H,2-16,19-24H2,1H3. The molecule has 0 nitrogen and oxygen atoms in total. The first kappa shape index (κ1) is 41.8. The molecule has 0 rings (SSSR count). The SMILES string of the molecule is CCCCCCCCCCCCCCCCCC(CC=CCC(CCCF)(C(F)(F)F)C(F)(F)F)(C(F)(F)F)C(F)(F)F. The third-order valence-corrected chi connectivity index (χ3v) is 8.21. The van der Waals surface area contributed by atoms with E-state index in [1.807, 2.05) is 0 Å². The molecule has 0 saturated heterocycles. The maximum Gasteiger partial charge on any atom is 0.403 e. The lowest BCUT2D eigenvalue weighted by Gasteiger charge is -2.38. The topological polar surface area (TPSA) is 0 Å². The summed E-state index contributed by atoms with van der Waals surface area (Å²) in [5, 5.41) is 0. The molecular weight excluding hydrogens is 607 g/mol. The van der Waals surface area contributed by atoms with Crippen molar-refractivity contribution in [1.82, 2.24) is 0 Å². The van der Waals surface area contributed by atoms with E-state index in [2.05, 4.69) is 6.92 Å². The van der Waals surface area contributed by atoms with Gasteiger partial charge in [-0.25, -0.2) is 0 Å². The molecule has 0 heterocycles. The van der Waals surface area contributed by atoms with Gasteiger partial charge in [0.05, 0.1) is 6.67 Å².